The van der Waals surface area contributed by atoms with Gasteiger partial charge in [0.05, 0.1) is 10.6 Å². The minimum absolute atomic E-state index is 0.268. The summed E-state index contributed by atoms with van der Waals surface area (Å²) < 4.78 is 34.1. The number of hydrogen-bond acceptors (Lipinski definition) is 4. The van der Waals surface area contributed by atoms with Crippen LogP contribution in [0.1, 0.15) is 62.8 Å². The second kappa shape index (κ2) is 14.1. The molecule has 1 fully saturated rings. The van der Waals surface area contributed by atoms with Crippen molar-refractivity contribution in [2.75, 3.05) is 19.8 Å². The average molecular weight is 497 g/mol. The van der Waals surface area contributed by atoms with Crippen LogP contribution in [0, 0.1) is 19.8 Å². The lowest BCUT2D eigenvalue weighted by atomic mass is 9.93. The molecule has 1 aliphatic heterocycles. The maximum Gasteiger partial charge on any atom is 0.240 e. The number of benzene rings is 2. The van der Waals surface area contributed by atoms with Crippen molar-refractivity contribution < 1.29 is 13.2 Å². The van der Waals surface area contributed by atoms with Crippen LogP contribution < -0.4 is 4.72 Å². The Labute approximate surface area is 212 Å². The Morgan fingerprint density at radius 3 is 2.43 bits per heavy atom. The Morgan fingerprint density at radius 1 is 1.09 bits per heavy atom. The average Bonchev–Trinajstić information content (AvgIpc) is 2.89. The molecule has 0 saturated carbocycles. The molecule has 1 aliphatic rings. The highest BCUT2D eigenvalue weighted by molar-refractivity contribution is 7.89. The third-order valence-corrected chi connectivity index (χ3v) is 7.52. The van der Waals surface area contributed by atoms with Crippen LogP contribution in [-0.4, -0.2) is 34.4 Å². The second-order valence-corrected chi connectivity index (χ2v) is 10.1. The summed E-state index contributed by atoms with van der Waals surface area (Å²) in [5, 5.41) is 0. The quantitative estimate of drug-likeness (QED) is 0.255. The summed E-state index contributed by atoms with van der Waals surface area (Å²) in [5.41, 5.74) is 6.07. The Morgan fingerprint density at radius 2 is 1.77 bits per heavy atom. The smallest absolute Gasteiger partial charge is 0.240 e. The molecule has 5 nitrogen and oxygen atoms in total. The summed E-state index contributed by atoms with van der Waals surface area (Å²) in [5.74, 6) is 0.316. The van der Waals surface area contributed by atoms with E-state index >= 15 is 0 Å². The van der Waals surface area contributed by atoms with Gasteiger partial charge in [0.2, 0.25) is 10.0 Å². The van der Waals surface area contributed by atoms with Crippen LogP contribution in [-0.2, 0) is 14.8 Å². The van der Waals surface area contributed by atoms with E-state index < -0.39 is 10.0 Å². The molecule has 2 aromatic carbocycles. The molecule has 0 aliphatic carbocycles. The van der Waals surface area contributed by atoms with E-state index in [2.05, 4.69) is 35.7 Å². The van der Waals surface area contributed by atoms with E-state index in [-0.39, 0.29) is 4.90 Å². The number of nitrogens with zero attached hydrogens (tertiary/aromatic N) is 1. The van der Waals surface area contributed by atoms with E-state index in [1.807, 2.05) is 52.0 Å². The number of rotatable bonds is 8. The molecule has 35 heavy (non-hydrogen) atoms. The Balaban J connectivity index is 0.00000210. The largest absolute Gasteiger partial charge is 0.381 e. The van der Waals surface area contributed by atoms with Gasteiger partial charge in [-0.25, -0.2) is 13.1 Å². The molecule has 0 aromatic heterocycles. The highest BCUT2D eigenvalue weighted by Crippen LogP contribution is 2.31. The molecule has 0 spiro atoms. The molecule has 1 saturated heterocycles. The van der Waals surface area contributed by atoms with Crippen molar-refractivity contribution in [3.05, 3.63) is 76.5 Å². The van der Waals surface area contributed by atoms with Gasteiger partial charge in [-0.3, -0.25) is 4.99 Å². The molecule has 0 amide bonds. The molecule has 0 unspecified atom stereocenters. The van der Waals surface area contributed by atoms with E-state index in [1.165, 1.54) is 11.1 Å². The van der Waals surface area contributed by atoms with Gasteiger partial charge in [-0.2, -0.15) is 0 Å². The van der Waals surface area contributed by atoms with Crippen LogP contribution in [0.3, 0.4) is 0 Å². The maximum absolute atomic E-state index is 13.0. The van der Waals surface area contributed by atoms with E-state index in [0.29, 0.717) is 25.7 Å². The molecule has 2 aromatic rings. The highest BCUT2D eigenvalue weighted by Gasteiger charge is 2.19. The van der Waals surface area contributed by atoms with Crippen LogP contribution in [0.25, 0.3) is 11.6 Å². The number of sulfonamides is 1. The van der Waals surface area contributed by atoms with Crippen molar-refractivity contribution in [2.24, 2.45) is 10.9 Å². The standard InChI is InChI=1S/C27H34N2O3S.C2H6/c1-5-27(28-6-2)26(25-12-7-9-20(3)21(25)4)18-23-10-8-11-24(17-23)33(30,31)29-19-22-13-15-32-16-14-22;1-2/h5-12,17-18,22,29H,13-16,19H2,1-4H3;1-2H3/b26-18-,27-5-,28-6?;. The summed E-state index contributed by atoms with van der Waals surface area (Å²) in [6, 6.07) is 13.3. The van der Waals surface area contributed by atoms with Gasteiger partial charge < -0.3 is 4.74 Å². The molecule has 0 bridgehead atoms. The molecule has 0 atom stereocenters. The summed E-state index contributed by atoms with van der Waals surface area (Å²) in [6.07, 6.45) is 7.53. The molecule has 0 radical (unpaired) electrons. The summed E-state index contributed by atoms with van der Waals surface area (Å²) in [4.78, 5) is 4.83. The van der Waals surface area contributed by atoms with Gasteiger partial charge in [0.15, 0.2) is 0 Å². The number of allylic oxidation sites excluding steroid dienone is 2. The van der Waals surface area contributed by atoms with Gasteiger partial charge in [0.1, 0.15) is 0 Å². The lowest BCUT2D eigenvalue weighted by Crippen LogP contribution is -2.32. The predicted molar refractivity (Wildman–Crippen MR) is 148 cm³/mol. The number of ether oxygens (including phenoxy) is 1. The Kier molecular flexibility index (Phi) is 11.6. The molecular formula is C29H40N2O3S. The Hall–Kier alpha value is -2.54. The first-order valence-electron chi connectivity index (χ1n) is 12.5. The molecule has 1 heterocycles. The second-order valence-electron chi connectivity index (χ2n) is 8.35. The van der Waals surface area contributed by atoms with Gasteiger partial charge in [0, 0.05) is 31.5 Å². The van der Waals surface area contributed by atoms with Crippen LogP contribution in [0.15, 0.2) is 64.1 Å². The number of aryl methyl sites for hydroxylation is 1. The van der Waals surface area contributed by atoms with E-state index in [0.717, 1.165) is 35.2 Å². The zero-order valence-electron chi connectivity index (χ0n) is 22.0. The van der Waals surface area contributed by atoms with E-state index in [1.54, 1.807) is 24.4 Å². The molecule has 1 N–H and O–H groups in total. The zero-order chi connectivity index (χ0) is 25.8. The van der Waals surface area contributed by atoms with Crippen molar-refractivity contribution in [2.45, 2.75) is 59.3 Å². The first-order chi connectivity index (χ1) is 16.9. The van der Waals surface area contributed by atoms with Crippen LogP contribution in [0.4, 0.5) is 0 Å². The predicted octanol–water partition coefficient (Wildman–Crippen LogP) is 6.57. The van der Waals surface area contributed by atoms with Crippen molar-refractivity contribution >= 4 is 27.9 Å². The fourth-order valence-electron chi connectivity index (χ4n) is 3.97. The Bertz CT molecular complexity index is 1160. The molecular weight excluding hydrogens is 456 g/mol. The lowest BCUT2D eigenvalue weighted by Gasteiger charge is -2.22. The first kappa shape index (κ1) is 28.7. The molecule has 3 rings (SSSR count). The van der Waals surface area contributed by atoms with Gasteiger partial charge in [0.25, 0.3) is 0 Å². The van der Waals surface area contributed by atoms with Gasteiger partial charge >= 0.3 is 0 Å². The fraction of sp³-hybridized carbons (Fsp3) is 0.414. The third-order valence-electron chi connectivity index (χ3n) is 6.09. The zero-order valence-corrected chi connectivity index (χ0v) is 22.8. The van der Waals surface area contributed by atoms with Crippen LogP contribution in [0.5, 0.6) is 0 Å². The topological polar surface area (TPSA) is 67.8 Å². The summed E-state index contributed by atoms with van der Waals surface area (Å²) in [7, 11) is -3.60. The van der Waals surface area contributed by atoms with Crippen molar-refractivity contribution in [3.63, 3.8) is 0 Å². The fourth-order valence-corrected chi connectivity index (χ4v) is 5.14. The molecule has 6 heteroatoms. The summed E-state index contributed by atoms with van der Waals surface area (Å²) >= 11 is 0. The van der Waals surface area contributed by atoms with Gasteiger partial charge in [-0.15, -0.1) is 0 Å². The number of aliphatic imine (C=N–C) groups is 1. The monoisotopic (exact) mass is 496 g/mol. The minimum atomic E-state index is -3.60. The van der Waals surface area contributed by atoms with E-state index in [9.17, 15) is 8.42 Å². The highest BCUT2D eigenvalue weighted by atomic mass is 32.2. The van der Waals surface area contributed by atoms with Crippen LogP contribution in [0.2, 0.25) is 0 Å². The lowest BCUT2D eigenvalue weighted by molar-refractivity contribution is 0.0678. The van der Waals surface area contributed by atoms with Crippen molar-refractivity contribution in [1.29, 1.82) is 0 Å². The van der Waals surface area contributed by atoms with E-state index in [4.69, 9.17) is 4.74 Å². The minimum Gasteiger partial charge on any atom is -0.381 e. The van der Waals surface area contributed by atoms with Crippen LogP contribution >= 0.6 is 0 Å². The normalized spacial score (nSPS) is 15.7. The van der Waals surface area contributed by atoms with Gasteiger partial charge in [-0.1, -0.05) is 50.3 Å². The molecule has 190 valence electrons. The SMILES string of the molecule is CC.CC=NC(=C\C)/C(=C\c1cccc(S(=O)(=O)NCC2CCOCC2)c1)c1cccc(C)c1C. The number of nitrogens with one attached hydrogen (secondary N) is 1. The maximum atomic E-state index is 13.0. The van der Waals surface area contributed by atoms with Crippen molar-refractivity contribution in [1.82, 2.24) is 4.72 Å². The summed E-state index contributed by atoms with van der Waals surface area (Å²) in [6.45, 7) is 13.9. The van der Waals surface area contributed by atoms with Crippen molar-refractivity contribution in [3.8, 4) is 0 Å². The first-order valence-corrected chi connectivity index (χ1v) is 13.9. The van der Waals surface area contributed by atoms with Gasteiger partial charge in [-0.05, 0) is 86.9 Å². The number of hydrogen-bond donors (Lipinski definition) is 1. The third kappa shape index (κ3) is 7.99.